The zero-order valence-electron chi connectivity index (χ0n) is 78.0. The second-order valence-corrected chi connectivity index (χ2v) is 32.6. The lowest BCUT2D eigenvalue weighted by Crippen LogP contribution is -2.62. The van der Waals surface area contributed by atoms with Crippen molar-refractivity contribution in [2.24, 2.45) is 45.9 Å². The first kappa shape index (κ1) is 119. The molecule has 15 atom stereocenters. The van der Waals surface area contributed by atoms with E-state index in [1.165, 1.54) is 61.1 Å². The molecule has 0 aliphatic heterocycles. The number of aliphatic hydroxyl groups excluding tert-OH is 3. The van der Waals surface area contributed by atoms with E-state index in [4.69, 9.17) is 67.5 Å². The Morgan fingerprint density at radius 2 is 0.615 bits per heavy atom. The number of hydrogen-bond donors (Lipinski definition) is 38. The van der Waals surface area contributed by atoms with Gasteiger partial charge in [0.1, 0.15) is 109 Å². The molecule has 0 aliphatic carbocycles. The fraction of sp³-hybridized carbons (Fsp3) is 0.482. The van der Waals surface area contributed by atoms with Crippen molar-refractivity contribution in [3.63, 3.8) is 0 Å². The zero-order chi connectivity index (χ0) is 107. The lowest BCUT2D eigenvalue weighted by Gasteiger charge is -2.28. The maximum Gasteiger partial charge on any atom is 0.322 e. The number of phenols is 2. The van der Waals surface area contributed by atoms with Gasteiger partial charge in [-0.3, -0.25) is 113 Å². The van der Waals surface area contributed by atoms with Crippen LogP contribution in [-0.2, 0) is 117 Å². The molecule has 784 valence electrons. The molecule has 58 nitrogen and oxygen atoms in total. The number of nitrogens with zero attached hydrogens (tertiary/aromatic N) is 1. The number of carbonyl (C=O) groups excluding carboxylic acids is 18. The minimum absolute atomic E-state index is 0.00520. The lowest BCUT2D eigenvalue weighted by atomic mass is 10.0. The van der Waals surface area contributed by atoms with Crippen LogP contribution < -0.4 is 147 Å². The molecule has 1 aromatic heterocycles. The van der Waals surface area contributed by atoms with Crippen molar-refractivity contribution in [1.29, 1.82) is 21.6 Å². The maximum absolute atomic E-state index is 15.0. The summed E-state index contributed by atoms with van der Waals surface area (Å²) in [7, 11) is 0. The van der Waals surface area contributed by atoms with E-state index in [-0.39, 0.29) is 100 Å². The summed E-state index contributed by atoms with van der Waals surface area (Å²) in [6.45, 7) is -3.33. The molecular weight excluding hydrogens is 1880 g/mol. The minimum atomic E-state index is -2.12. The van der Waals surface area contributed by atoms with Crippen molar-refractivity contribution in [1.82, 2.24) is 111 Å². The second-order valence-electron chi connectivity index (χ2n) is 32.6. The first-order valence-corrected chi connectivity index (χ1v) is 44.8. The van der Waals surface area contributed by atoms with Crippen LogP contribution in [0.4, 0.5) is 0 Å². The van der Waals surface area contributed by atoms with E-state index in [0.717, 1.165) is 6.92 Å². The third kappa shape index (κ3) is 46.1. The van der Waals surface area contributed by atoms with E-state index in [9.17, 15) is 112 Å². The number of aliphatic hydroxyl groups is 3. The van der Waals surface area contributed by atoms with Gasteiger partial charge in [0, 0.05) is 76.6 Å². The lowest BCUT2D eigenvalue weighted by molar-refractivity contribution is -0.138. The number of H-pyrrole nitrogens is 1. The summed E-state index contributed by atoms with van der Waals surface area (Å²) < 4.78 is 0. The highest BCUT2D eigenvalue weighted by molar-refractivity contribution is 6.02. The van der Waals surface area contributed by atoms with Gasteiger partial charge in [-0.2, -0.15) is 0 Å². The van der Waals surface area contributed by atoms with Crippen LogP contribution in [0, 0.1) is 21.6 Å². The standard InChI is InChI=1S/C85H129N33O25/c1-42(67(129)112-56(32-44-15-19-47(122)20-16-44)75(137)108-52(13-7-29-101-84(94)95)72(134)114-58(33-45-17-21-48(123)22-18-45)76(138)107-51(12-6-28-100-83(92)93)71(133)106-50(11-5-27-99-82(90)91)69(131)103-37-66(127)128)105-70(132)54(23-25-63(87)124)110-78(140)59(34-46-36-98-41-104-46)115-73(135)53(14-8-30-102-85(96)97)109-80(142)61(39-120)118-79(141)60(35-65(89)126)116-74(136)55(24-26-64(88)125)111-81(143)62(40-121)117-77(139)57(113-68(130)49(86)38-119)31-43-9-3-2-4-10-43/h2-4,9-10,15-22,36,41-42,49-62,119-123H,5-8,11-14,23-35,37-40,86H2,1H3,(H2,87,124)(H2,88,125)(H2,89,126)(H,98,104)(H,103,131)(H,105,132)(H,106,133)(H,107,138)(H,108,137)(H,109,142)(H,110,140)(H,111,143)(H,112,129)(H,113,130)(H,114,134)(H,115,135)(H,116,136)(H,117,139)(H,118,141)(H,127,128)(H4,90,91,99)(H4,92,93,100)(H4,94,95,101)(H4,96,97,102)/t42-,49-,50-,51-,52-,53-,54-,55-,56-,57-,58-,59-,60-,61-,62-/m0/s1. The smallest absolute Gasteiger partial charge is 0.322 e. The number of nitrogens with two attached hydrogens (primary N) is 8. The van der Waals surface area contributed by atoms with Crippen LogP contribution in [0.5, 0.6) is 11.5 Å². The van der Waals surface area contributed by atoms with Crippen molar-refractivity contribution in [2.75, 3.05) is 52.5 Å². The molecular formula is C85H129N33O25. The number of carboxylic acids is 1. The first-order chi connectivity index (χ1) is 67.7. The number of primary amides is 3. The predicted octanol–water partition coefficient (Wildman–Crippen LogP) is -14.1. The number of carbonyl (C=O) groups is 19. The van der Waals surface area contributed by atoms with E-state index in [1.807, 2.05) is 0 Å². The van der Waals surface area contributed by atoms with Crippen LogP contribution in [0.2, 0.25) is 0 Å². The number of guanidine groups is 4. The van der Waals surface area contributed by atoms with Gasteiger partial charge < -0.3 is 183 Å². The number of imidazole rings is 1. The highest BCUT2D eigenvalue weighted by atomic mass is 16.4. The summed E-state index contributed by atoms with van der Waals surface area (Å²) in [4.78, 5) is 270. The van der Waals surface area contributed by atoms with Crippen LogP contribution in [-0.4, -0.2) is 320 Å². The van der Waals surface area contributed by atoms with E-state index >= 15 is 9.59 Å². The molecule has 3 aromatic carbocycles. The Bertz CT molecular complexity index is 5020. The largest absolute Gasteiger partial charge is 0.508 e. The molecule has 18 amide bonds. The zero-order valence-corrected chi connectivity index (χ0v) is 78.0. The summed E-state index contributed by atoms with van der Waals surface area (Å²) in [5, 5.41) is 137. The van der Waals surface area contributed by atoms with Gasteiger partial charge in [-0.05, 0) is 112 Å². The van der Waals surface area contributed by atoms with Crippen LogP contribution >= 0.6 is 0 Å². The first-order valence-electron chi connectivity index (χ1n) is 44.8. The summed E-state index contributed by atoms with van der Waals surface area (Å²) in [6.07, 6.45) is -4.16. The fourth-order valence-corrected chi connectivity index (χ4v) is 13.5. The van der Waals surface area contributed by atoms with Gasteiger partial charge in [-0.15, -0.1) is 0 Å². The monoisotopic (exact) mass is 2010 g/mol. The maximum atomic E-state index is 15.0. The molecule has 4 rings (SSSR count). The van der Waals surface area contributed by atoms with Gasteiger partial charge in [0.25, 0.3) is 0 Å². The highest BCUT2D eigenvalue weighted by Crippen LogP contribution is 2.18. The number of phenolic OH excluding ortho intramolecular Hbond substituents is 2. The molecule has 58 heteroatoms. The number of rotatable bonds is 66. The molecule has 0 saturated heterocycles. The number of hydrogen-bond acceptors (Lipinski definition) is 30. The van der Waals surface area contributed by atoms with Crippen molar-refractivity contribution >= 4 is 136 Å². The summed E-state index contributed by atoms with van der Waals surface area (Å²) >= 11 is 0. The van der Waals surface area contributed by atoms with Crippen molar-refractivity contribution in [3.05, 3.63) is 114 Å². The number of aromatic hydroxyl groups is 2. The normalized spacial score (nSPS) is 14.0. The third-order valence-electron chi connectivity index (χ3n) is 21.0. The average Bonchev–Trinajstić information content (AvgIpc) is 0.995. The summed E-state index contributed by atoms with van der Waals surface area (Å²) in [5.74, 6) is -24.7. The molecule has 0 radical (unpaired) electrons. The molecule has 0 fully saturated rings. The topological polar surface area (TPSA) is 1010 Å². The molecule has 4 aromatic rings. The van der Waals surface area contributed by atoms with Gasteiger partial charge in [-0.1, -0.05) is 54.6 Å². The van der Waals surface area contributed by atoms with Crippen molar-refractivity contribution in [3.8, 4) is 11.5 Å². The van der Waals surface area contributed by atoms with Crippen molar-refractivity contribution in [2.45, 2.75) is 207 Å². The van der Waals surface area contributed by atoms with Gasteiger partial charge >= 0.3 is 5.97 Å². The average molecular weight is 2010 g/mol. The number of carboxylic acid groups (broad SMARTS) is 1. The molecule has 1 heterocycles. The highest BCUT2D eigenvalue weighted by Gasteiger charge is 2.40. The molecule has 0 aliphatic rings. The Morgan fingerprint density at radius 1 is 0.329 bits per heavy atom. The minimum Gasteiger partial charge on any atom is -0.508 e. The number of aromatic nitrogens is 2. The summed E-state index contributed by atoms with van der Waals surface area (Å²) in [5.41, 5.74) is 45.2. The predicted molar refractivity (Wildman–Crippen MR) is 506 cm³/mol. The Morgan fingerprint density at radius 3 is 0.937 bits per heavy atom. The molecule has 0 bridgehead atoms. The number of benzene rings is 3. The van der Waals surface area contributed by atoms with E-state index in [0.29, 0.717) is 11.1 Å². The van der Waals surface area contributed by atoms with Crippen LogP contribution in [0.3, 0.4) is 0 Å². The van der Waals surface area contributed by atoms with Gasteiger partial charge in [0.2, 0.25) is 106 Å². The van der Waals surface area contributed by atoms with E-state index in [2.05, 4.69) is 111 Å². The number of amides is 18. The molecule has 143 heavy (non-hydrogen) atoms. The number of aliphatic carboxylic acids is 1. The summed E-state index contributed by atoms with van der Waals surface area (Å²) in [6, 6.07) is -7.93. The SMILES string of the molecule is C[C@H](NC(=O)[C@H](CCC(N)=O)NC(=O)[C@H](Cc1cnc[nH]1)NC(=O)[C@H](CCCNC(=N)N)NC(=O)[C@H](CO)NC(=O)[C@H](CC(N)=O)NC(=O)[C@H](CCC(N)=O)NC(=O)[C@H](CO)NC(=O)[C@H](Cc1ccccc1)NC(=O)[C@@H](N)CO)C(=O)N[C@@H](Cc1ccc(O)cc1)C(=O)N[C@@H](CCCNC(=N)N)C(=O)N[C@@H](Cc1ccc(O)cc1)C(=O)N[C@@H](CCCNC(=N)N)C(=O)N[C@@H](CCCNC(=N)N)C(=O)NCC(=O)O. The van der Waals surface area contributed by atoms with Crippen molar-refractivity contribution < 1.29 is 122 Å². The van der Waals surface area contributed by atoms with E-state index < -0.39 is 311 Å². The third-order valence-corrected chi connectivity index (χ3v) is 21.0. The Labute approximate surface area is 817 Å². The van der Waals surface area contributed by atoms with Crippen LogP contribution in [0.25, 0.3) is 0 Å². The molecule has 0 saturated carbocycles. The van der Waals surface area contributed by atoms with Crippen LogP contribution in [0.1, 0.15) is 113 Å². The van der Waals surface area contributed by atoms with Gasteiger partial charge in [-0.25, -0.2) is 4.98 Å². The van der Waals surface area contributed by atoms with Crippen LogP contribution in [0.15, 0.2) is 91.4 Å². The van der Waals surface area contributed by atoms with Gasteiger partial charge in [0.15, 0.2) is 23.8 Å². The molecule has 0 spiro atoms. The Hall–Kier alpha value is -16.7. The number of aromatic amines is 1. The quantitative estimate of drug-likeness (QED) is 0.0111. The van der Waals surface area contributed by atoms with Gasteiger partial charge in [0.05, 0.1) is 32.6 Å². The van der Waals surface area contributed by atoms with E-state index in [1.54, 1.807) is 30.3 Å². The fourth-order valence-electron chi connectivity index (χ4n) is 13.5. The molecule has 0 unspecified atom stereocenters. The Kier molecular flexibility index (Phi) is 51.7. The molecule has 46 N–H and O–H groups in total. The Balaban J connectivity index is 1.68. The number of nitrogens with one attached hydrogen (secondary N) is 24. The second kappa shape index (κ2) is 62.3.